The van der Waals surface area contributed by atoms with Crippen LogP contribution in [0.25, 0.3) is 0 Å². The monoisotopic (exact) mass is 438 g/mol. The Balaban J connectivity index is 1.68. The lowest BCUT2D eigenvalue weighted by Gasteiger charge is -2.13. The van der Waals surface area contributed by atoms with Crippen molar-refractivity contribution in [3.8, 4) is 0 Å². The van der Waals surface area contributed by atoms with Crippen LogP contribution >= 0.6 is 23.1 Å². The van der Waals surface area contributed by atoms with Crippen molar-refractivity contribution in [3.63, 3.8) is 0 Å². The molecule has 0 radical (unpaired) electrons. The van der Waals surface area contributed by atoms with E-state index in [1.165, 1.54) is 18.2 Å². The molecule has 1 aromatic carbocycles. The van der Waals surface area contributed by atoms with Crippen molar-refractivity contribution in [3.05, 3.63) is 70.7 Å². The minimum absolute atomic E-state index is 0.0968. The lowest BCUT2D eigenvalue weighted by molar-refractivity contribution is -0.137. The Kier molecular flexibility index (Phi) is 6.75. The van der Waals surface area contributed by atoms with Gasteiger partial charge in [-0.25, -0.2) is 0 Å². The fourth-order valence-corrected chi connectivity index (χ4v) is 4.06. The van der Waals surface area contributed by atoms with E-state index in [1.54, 1.807) is 17.4 Å². The van der Waals surface area contributed by atoms with Crippen LogP contribution in [0.2, 0.25) is 0 Å². The molecule has 0 spiro atoms. The molecule has 0 fully saturated rings. The van der Waals surface area contributed by atoms with Crippen LogP contribution in [0.15, 0.2) is 59.6 Å². The number of amides is 1. The number of hydrogen-bond donors (Lipinski definition) is 1. The summed E-state index contributed by atoms with van der Waals surface area (Å²) in [6.45, 7) is 4.20. The number of para-hydroxylation sites is 1. The molecule has 10 heteroatoms. The summed E-state index contributed by atoms with van der Waals surface area (Å²) in [5.41, 5.74) is -1.15. The summed E-state index contributed by atoms with van der Waals surface area (Å²) in [7, 11) is 0. The van der Waals surface area contributed by atoms with Crippen molar-refractivity contribution in [2.24, 2.45) is 0 Å². The molecule has 1 amide bonds. The molecule has 0 bridgehead atoms. The average molecular weight is 439 g/mol. The normalized spacial score (nSPS) is 11.4. The summed E-state index contributed by atoms with van der Waals surface area (Å²) >= 11 is 2.72. The van der Waals surface area contributed by atoms with E-state index in [0.29, 0.717) is 18.1 Å². The molecule has 3 rings (SSSR count). The Hall–Kier alpha value is -2.59. The minimum atomic E-state index is -4.54. The number of allylic oxidation sites excluding steroid dienone is 1. The van der Waals surface area contributed by atoms with E-state index in [1.807, 2.05) is 22.1 Å². The van der Waals surface area contributed by atoms with E-state index in [2.05, 4.69) is 22.1 Å². The SMILES string of the molecule is C=CCn1c(Cc2cccs2)nnc1SCC(=O)Nc1ccccc1C(F)(F)F. The maximum absolute atomic E-state index is 13.1. The lowest BCUT2D eigenvalue weighted by Crippen LogP contribution is -2.18. The third-order valence-electron chi connectivity index (χ3n) is 3.86. The molecule has 0 aliphatic carbocycles. The Morgan fingerprint density at radius 1 is 1.24 bits per heavy atom. The van der Waals surface area contributed by atoms with E-state index >= 15 is 0 Å². The van der Waals surface area contributed by atoms with Gasteiger partial charge in [0.05, 0.1) is 17.0 Å². The van der Waals surface area contributed by atoms with E-state index in [0.717, 1.165) is 28.5 Å². The number of halogens is 3. The predicted molar refractivity (Wildman–Crippen MR) is 108 cm³/mol. The molecule has 0 aliphatic heterocycles. The van der Waals surface area contributed by atoms with Gasteiger partial charge in [-0.3, -0.25) is 4.79 Å². The van der Waals surface area contributed by atoms with E-state index in [9.17, 15) is 18.0 Å². The van der Waals surface area contributed by atoms with Gasteiger partial charge in [0, 0.05) is 17.8 Å². The van der Waals surface area contributed by atoms with E-state index in [-0.39, 0.29) is 11.4 Å². The predicted octanol–water partition coefficient (Wildman–Crippen LogP) is 4.87. The van der Waals surface area contributed by atoms with Crippen molar-refractivity contribution in [1.29, 1.82) is 0 Å². The van der Waals surface area contributed by atoms with Gasteiger partial charge in [0.1, 0.15) is 5.82 Å². The van der Waals surface area contributed by atoms with Gasteiger partial charge in [0.15, 0.2) is 5.16 Å². The Bertz CT molecular complexity index is 984. The van der Waals surface area contributed by atoms with Crippen molar-refractivity contribution >= 4 is 34.7 Å². The number of thioether (sulfide) groups is 1. The van der Waals surface area contributed by atoms with Crippen LogP contribution in [0.5, 0.6) is 0 Å². The number of aromatic nitrogens is 3. The number of benzene rings is 1. The van der Waals surface area contributed by atoms with E-state index < -0.39 is 17.6 Å². The molecule has 5 nitrogen and oxygen atoms in total. The second-order valence-corrected chi connectivity index (χ2v) is 7.91. The summed E-state index contributed by atoms with van der Waals surface area (Å²) in [6.07, 6.45) is -2.24. The number of nitrogens with one attached hydrogen (secondary N) is 1. The number of nitrogens with zero attached hydrogens (tertiary/aromatic N) is 3. The summed E-state index contributed by atoms with van der Waals surface area (Å²) in [4.78, 5) is 13.3. The zero-order valence-electron chi connectivity index (χ0n) is 15.1. The van der Waals surface area contributed by atoms with Gasteiger partial charge in [-0.05, 0) is 23.6 Å². The molecule has 152 valence electrons. The number of rotatable bonds is 8. The van der Waals surface area contributed by atoms with Crippen LogP contribution in [0.1, 0.15) is 16.3 Å². The molecule has 29 heavy (non-hydrogen) atoms. The highest BCUT2D eigenvalue weighted by molar-refractivity contribution is 7.99. The van der Waals surface area contributed by atoms with Crippen LogP contribution < -0.4 is 5.32 Å². The molecule has 2 heterocycles. The fraction of sp³-hybridized carbons (Fsp3) is 0.211. The van der Waals surface area contributed by atoms with Crippen LogP contribution in [0, 0.1) is 0 Å². The minimum Gasteiger partial charge on any atom is -0.325 e. The van der Waals surface area contributed by atoms with Crippen LogP contribution in [-0.4, -0.2) is 26.4 Å². The molecule has 0 atom stereocenters. The molecular formula is C19H17F3N4OS2. The first-order valence-electron chi connectivity index (χ1n) is 8.52. The summed E-state index contributed by atoms with van der Waals surface area (Å²) in [5, 5.41) is 13.1. The van der Waals surface area contributed by atoms with Crippen LogP contribution in [0.4, 0.5) is 18.9 Å². The Labute approximate surface area is 173 Å². The number of hydrogen-bond acceptors (Lipinski definition) is 5. The smallest absolute Gasteiger partial charge is 0.325 e. The maximum atomic E-state index is 13.1. The highest BCUT2D eigenvalue weighted by Gasteiger charge is 2.33. The molecular weight excluding hydrogens is 421 g/mol. The zero-order chi connectivity index (χ0) is 20.9. The van der Waals surface area contributed by atoms with Gasteiger partial charge in [0.25, 0.3) is 0 Å². The van der Waals surface area contributed by atoms with Gasteiger partial charge in [-0.2, -0.15) is 13.2 Å². The number of alkyl halides is 3. The summed E-state index contributed by atoms with van der Waals surface area (Å²) in [5.74, 6) is 0.0813. The summed E-state index contributed by atoms with van der Waals surface area (Å²) in [6, 6.07) is 8.82. The maximum Gasteiger partial charge on any atom is 0.418 e. The first-order chi connectivity index (χ1) is 13.9. The van der Waals surface area contributed by atoms with E-state index in [4.69, 9.17) is 0 Å². The average Bonchev–Trinajstić information content (AvgIpc) is 3.31. The number of anilines is 1. The fourth-order valence-electron chi connectivity index (χ4n) is 2.59. The van der Waals surface area contributed by atoms with Gasteiger partial charge >= 0.3 is 6.18 Å². The van der Waals surface area contributed by atoms with Crippen molar-refractivity contribution in [2.75, 3.05) is 11.1 Å². The lowest BCUT2D eigenvalue weighted by atomic mass is 10.1. The number of carbonyl (C=O) groups excluding carboxylic acids is 1. The van der Waals surface area contributed by atoms with Gasteiger partial charge in [0.2, 0.25) is 5.91 Å². The molecule has 1 N–H and O–H groups in total. The van der Waals surface area contributed by atoms with Gasteiger partial charge in [-0.15, -0.1) is 28.1 Å². The molecule has 2 aromatic heterocycles. The number of carbonyl (C=O) groups is 1. The quantitative estimate of drug-likeness (QED) is 0.403. The first-order valence-corrected chi connectivity index (χ1v) is 10.4. The highest BCUT2D eigenvalue weighted by atomic mass is 32.2. The third-order valence-corrected chi connectivity index (χ3v) is 5.70. The third kappa shape index (κ3) is 5.48. The molecule has 3 aromatic rings. The second-order valence-electron chi connectivity index (χ2n) is 5.93. The molecule has 0 aliphatic rings. The molecule has 0 unspecified atom stereocenters. The largest absolute Gasteiger partial charge is 0.418 e. The summed E-state index contributed by atoms with van der Waals surface area (Å²) < 4.78 is 41.0. The van der Waals surface area contributed by atoms with Crippen molar-refractivity contribution in [1.82, 2.24) is 14.8 Å². The molecule has 0 saturated heterocycles. The topological polar surface area (TPSA) is 59.8 Å². The first kappa shape index (κ1) is 21.1. The van der Waals surface area contributed by atoms with Crippen LogP contribution in [-0.2, 0) is 23.9 Å². The van der Waals surface area contributed by atoms with Crippen molar-refractivity contribution in [2.45, 2.75) is 24.3 Å². The Morgan fingerprint density at radius 2 is 2.03 bits per heavy atom. The zero-order valence-corrected chi connectivity index (χ0v) is 16.8. The second kappa shape index (κ2) is 9.27. The van der Waals surface area contributed by atoms with Crippen LogP contribution in [0.3, 0.4) is 0 Å². The van der Waals surface area contributed by atoms with Gasteiger partial charge in [-0.1, -0.05) is 36.0 Å². The number of thiophene rings is 1. The standard InChI is InChI=1S/C19H17F3N4OS2/c1-2-9-26-16(11-13-6-5-10-28-13)24-25-18(26)29-12-17(27)23-15-8-4-3-7-14(15)19(20,21)22/h2-8,10H,1,9,11-12H2,(H,23,27). The van der Waals surface area contributed by atoms with Crippen molar-refractivity contribution < 1.29 is 18.0 Å². The van der Waals surface area contributed by atoms with Gasteiger partial charge < -0.3 is 9.88 Å². The highest BCUT2D eigenvalue weighted by Crippen LogP contribution is 2.34. The molecule has 0 saturated carbocycles. The Morgan fingerprint density at radius 3 is 2.72 bits per heavy atom.